The number of nitrogens with zero attached hydrogens (tertiary/aromatic N) is 1. The van der Waals surface area contributed by atoms with E-state index in [0.717, 1.165) is 20.6 Å². The minimum absolute atomic E-state index is 0.0711. The maximum Gasteiger partial charge on any atom is 0.336 e. The number of benzene rings is 3. The number of carboxylic acid groups (broad SMARTS) is 1. The van der Waals surface area contributed by atoms with Gasteiger partial charge in [-0.1, -0.05) is 46.3 Å². The molecule has 1 unspecified atom stereocenters. The molecule has 0 radical (unpaired) electrons. The van der Waals surface area contributed by atoms with E-state index in [0.29, 0.717) is 10.8 Å². The highest BCUT2D eigenvalue weighted by Gasteiger charge is 2.18. The van der Waals surface area contributed by atoms with E-state index in [-0.39, 0.29) is 17.0 Å². The van der Waals surface area contributed by atoms with E-state index in [4.69, 9.17) is 0 Å². The van der Waals surface area contributed by atoms with Crippen LogP contribution in [0.4, 0.5) is 10.8 Å². The second-order valence-electron chi connectivity index (χ2n) is 7.63. The third-order valence-electron chi connectivity index (χ3n) is 5.05. The molecule has 4 aromatic rings. The van der Waals surface area contributed by atoms with E-state index in [9.17, 15) is 19.5 Å². The Labute approximate surface area is 224 Å². The van der Waals surface area contributed by atoms with Crippen molar-refractivity contribution in [1.82, 2.24) is 4.98 Å². The number of carboxylic acids is 1. The van der Waals surface area contributed by atoms with Gasteiger partial charge in [-0.15, -0.1) is 23.1 Å². The van der Waals surface area contributed by atoms with Crippen molar-refractivity contribution in [2.24, 2.45) is 0 Å². The van der Waals surface area contributed by atoms with Gasteiger partial charge in [0.15, 0.2) is 5.13 Å². The summed E-state index contributed by atoms with van der Waals surface area (Å²) in [5.41, 5.74) is 2.24. The smallest absolute Gasteiger partial charge is 0.336 e. The Morgan fingerprint density at radius 2 is 1.69 bits per heavy atom. The molecule has 0 fully saturated rings. The standard InChI is InChI=1S/C26H20BrN3O4S2/c1-15(23(31)30-26-29-22(14-35-26)16-9-11-17(27)12-10-16)36-19-6-4-5-18(13-19)28-24(32)20-7-2-3-8-21(20)25(33)34/h2-15H,1H3,(H,28,32)(H,33,34)(H,29,30,31). The zero-order valence-electron chi connectivity index (χ0n) is 18.9. The number of aromatic nitrogens is 1. The number of thioether (sulfide) groups is 1. The normalized spacial score (nSPS) is 11.5. The molecule has 0 saturated heterocycles. The number of rotatable bonds is 8. The van der Waals surface area contributed by atoms with Crippen molar-refractivity contribution in [2.45, 2.75) is 17.1 Å². The van der Waals surface area contributed by atoms with Crippen LogP contribution in [0.5, 0.6) is 0 Å². The Morgan fingerprint density at radius 1 is 0.972 bits per heavy atom. The molecule has 10 heteroatoms. The molecule has 3 N–H and O–H groups in total. The van der Waals surface area contributed by atoms with Gasteiger partial charge in [-0.25, -0.2) is 9.78 Å². The summed E-state index contributed by atoms with van der Waals surface area (Å²) >= 11 is 6.11. The summed E-state index contributed by atoms with van der Waals surface area (Å²) in [6.07, 6.45) is 0. The van der Waals surface area contributed by atoms with Crippen LogP contribution in [0, 0.1) is 0 Å². The number of hydrogen-bond acceptors (Lipinski definition) is 6. The van der Waals surface area contributed by atoms with Gasteiger partial charge in [0, 0.05) is 26.0 Å². The van der Waals surface area contributed by atoms with Crippen LogP contribution in [0.2, 0.25) is 0 Å². The highest BCUT2D eigenvalue weighted by molar-refractivity contribution is 9.10. The molecule has 36 heavy (non-hydrogen) atoms. The highest BCUT2D eigenvalue weighted by atomic mass is 79.9. The summed E-state index contributed by atoms with van der Waals surface area (Å²) in [4.78, 5) is 42.1. The fourth-order valence-corrected chi connectivity index (χ4v) is 5.18. The van der Waals surface area contributed by atoms with Crippen molar-refractivity contribution >= 4 is 67.6 Å². The number of halogens is 1. The van der Waals surface area contributed by atoms with Crippen LogP contribution < -0.4 is 10.6 Å². The van der Waals surface area contributed by atoms with E-state index in [1.165, 1.54) is 35.2 Å². The van der Waals surface area contributed by atoms with Gasteiger partial charge >= 0.3 is 5.97 Å². The predicted molar refractivity (Wildman–Crippen MR) is 147 cm³/mol. The SMILES string of the molecule is CC(Sc1cccc(NC(=O)c2ccccc2C(=O)O)c1)C(=O)Nc1nc(-c2ccc(Br)cc2)cs1. The van der Waals surface area contributed by atoms with Crippen LogP contribution in [0.15, 0.2) is 87.5 Å². The number of thiazole rings is 1. The Bertz CT molecular complexity index is 1420. The van der Waals surface area contributed by atoms with Crippen molar-refractivity contribution in [3.63, 3.8) is 0 Å². The van der Waals surface area contributed by atoms with E-state index < -0.39 is 17.1 Å². The monoisotopic (exact) mass is 581 g/mol. The number of carbonyl (C=O) groups is 3. The first-order valence-electron chi connectivity index (χ1n) is 10.7. The fraction of sp³-hybridized carbons (Fsp3) is 0.0769. The van der Waals surface area contributed by atoms with Crippen molar-refractivity contribution in [2.75, 3.05) is 10.6 Å². The molecule has 0 aliphatic carbocycles. The van der Waals surface area contributed by atoms with Gasteiger partial charge in [-0.05, 0) is 49.4 Å². The summed E-state index contributed by atoms with van der Waals surface area (Å²) in [5.74, 6) is -1.89. The average Bonchev–Trinajstić information content (AvgIpc) is 3.33. The fourth-order valence-electron chi connectivity index (χ4n) is 3.26. The molecule has 0 saturated carbocycles. The molecular weight excluding hydrogens is 562 g/mol. The molecule has 0 spiro atoms. The largest absolute Gasteiger partial charge is 0.478 e. The highest BCUT2D eigenvalue weighted by Crippen LogP contribution is 2.29. The second kappa shape index (κ2) is 11.5. The topological polar surface area (TPSA) is 108 Å². The molecule has 3 aromatic carbocycles. The molecule has 182 valence electrons. The Hall–Kier alpha value is -3.47. The molecule has 1 atom stereocenters. The van der Waals surface area contributed by atoms with Crippen molar-refractivity contribution in [1.29, 1.82) is 0 Å². The van der Waals surface area contributed by atoms with Crippen LogP contribution in [0.3, 0.4) is 0 Å². The first kappa shape index (κ1) is 25.6. The van der Waals surface area contributed by atoms with Gasteiger partial charge in [-0.2, -0.15) is 0 Å². The molecule has 0 aliphatic heterocycles. The predicted octanol–water partition coefficient (Wildman–Crippen LogP) is 6.64. The average molecular weight is 583 g/mol. The van der Waals surface area contributed by atoms with E-state index in [2.05, 4.69) is 31.5 Å². The molecule has 1 aromatic heterocycles. The first-order valence-corrected chi connectivity index (χ1v) is 13.3. The van der Waals surface area contributed by atoms with Crippen LogP contribution >= 0.6 is 39.0 Å². The van der Waals surface area contributed by atoms with Gasteiger partial charge in [-0.3, -0.25) is 9.59 Å². The molecule has 7 nitrogen and oxygen atoms in total. The van der Waals surface area contributed by atoms with Gasteiger partial charge in [0.25, 0.3) is 5.91 Å². The summed E-state index contributed by atoms with van der Waals surface area (Å²) in [7, 11) is 0. The lowest BCUT2D eigenvalue weighted by Crippen LogP contribution is -2.22. The minimum atomic E-state index is -1.17. The number of aromatic carboxylic acids is 1. The molecular formula is C26H20BrN3O4S2. The minimum Gasteiger partial charge on any atom is -0.478 e. The van der Waals surface area contributed by atoms with Gasteiger partial charge in [0.05, 0.1) is 22.1 Å². The zero-order valence-corrected chi connectivity index (χ0v) is 22.1. The number of hydrogen-bond donors (Lipinski definition) is 3. The van der Waals surface area contributed by atoms with Crippen LogP contribution in [0.1, 0.15) is 27.6 Å². The number of nitrogens with one attached hydrogen (secondary N) is 2. The Kier molecular flexibility index (Phi) is 8.19. The van der Waals surface area contributed by atoms with E-state index in [1.807, 2.05) is 35.7 Å². The van der Waals surface area contributed by atoms with Crippen LogP contribution in [0.25, 0.3) is 11.3 Å². The van der Waals surface area contributed by atoms with Gasteiger partial charge in [0.2, 0.25) is 5.91 Å². The third-order valence-corrected chi connectivity index (χ3v) is 7.43. The maximum atomic E-state index is 12.8. The summed E-state index contributed by atoms with van der Waals surface area (Å²) in [6.45, 7) is 1.79. The van der Waals surface area contributed by atoms with Crippen molar-refractivity contribution in [3.05, 3.63) is 93.8 Å². The Balaban J connectivity index is 1.38. The zero-order chi connectivity index (χ0) is 25.7. The quantitative estimate of drug-likeness (QED) is 0.201. The van der Waals surface area contributed by atoms with Gasteiger partial charge in [0.1, 0.15) is 0 Å². The summed E-state index contributed by atoms with van der Waals surface area (Å²) < 4.78 is 0.981. The number of carbonyl (C=O) groups excluding carboxylic acids is 2. The lowest BCUT2D eigenvalue weighted by molar-refractivity contribution is -0.115. The lowest BCUT2D eigenvalue weighted by atomic mass is 10.1. The summed E-state index contributed by atoms with van der Waals surface area (Å²) in [5, 5.41) is 16.9. The lowest BCUT2D eigenvalue weighted by Gasteiger charge is -2.12. The molecule has 0 aliphatic rings. The maximum absolute atomic E-state index is 12.8. The summed E-state index contributed by atoms with van der Waals surface area (Å²) in [6, 6.07) is 20.8. The Morgan fingerprint density at radius 3 is 2.42 bits per heavy atom. The molecule has 2 amide bonds. The first-order chi connectivity index (χ1) is 17.3. The number of anilines is 2. The second-order valence-corrected chi connectivity index (χ2v) is 10.8. The third kappa shape index (κ3) is 6.39. The molecule has 4 rings (SSSR count). The molecule has 1 heterocycles. The van der Waals surface area contributed by atoms with E-state index in [1.54, 1.807) is 37.3 Å². The van der Waals surface area contributed by atoms with E-state index >= 15 is 0 Å². The van der Waals surface area contributed by atoms with Crippen LogP contribution in [-0.4, -0.2) is 33.1 Å². The van der Waals surface area contributed by atoms with Gasteiger partial charge < -0.3 is 15.7 Å². The van der Waals surface area contributed by atoms with Crippen molar-refractivity contribution < 1.29 is 19.5 Å². The number of amides is 2. The van der Waals surface area contributed by atoms with Crippen molar-refractivity contribution in [3.8, 4) is 11.3 Å². The molecule has 0 bridgehead atoms. The van der Waals surface area contributed by atoms with Crippen LogP contribution in [-0.2, 0) is 4.79 Å².